The van der Waals surface area contributed by atoms with E-state index in [0.717, 1.165) is 6.42 Å². The molecular formula is C19H29NO4. The van der Waals surface area contributed by atoms with Crippen LogP contribution in [0.1, 0.15) is 26.3 Å². The lowest BCUT2D eigenvalue weighted by molar-refractivity contribution is -0.154. The topological polar surface area (TPSA) is 70.8 Å². The summed E-state index contributed by atoms with van der Waals surface area (Å²) in [5, 5.41) is 0. The van der Waals surface area contributed by atoms with E-state index in [2.05, 4.69) is 26.0 Å². The zero-order chi connectivity index (χ0) is 17.5. The Kier molecular flexibility index (Phi) is 7.21. The molecule has 134 valence electrons. The van der Waals surface area contributed by atoms with E-state index in [4.69, 9.17) is 19.9 Å². The Bertz CT molecular complexity index is 505. The van der Waals surface area contributed by atoms with Gasteiger partial charge in [0.1, 0.15) is 12.1 Å². The Morgan fingerprint density at radius 2 is 1.96 bits per heavy atom. The second kappa shape index (κ2) is 9.16. The highest BCUT2D eigenvalue weighted by Crippen LogP contribution is 2.24. The van der Waals surface area contributed by atoms with E-state index >= 15 is 0 Å². The van der Waals surface area contributed by atoms with Crippen molar-refractivity contribution >= 4 is 5.97 Å². The quantitative estimate of drug-likeness (QED) is 0.835. The van der Waals surface area contributed by atoms with Crippen LogP contribution in [-0.2, 0) is 25.4 Å². The highest BCUT2D eigenvalue weighted by molar-refractivity contribution is 5.75. The van der Waals surface area contributed by atoms with Crippen molar-refractivity contribution in [3.05, 3.63) is 35.9 Å². The lowest BCUT2D eigenvalue weighted by Gasteiger charge is -2.31. The highest BCUT2D eigenvalue weighted by Gasteiger charge is 2.34. The molecule has 2 N–H and O–H groups in total. The molecule has 5 heteroatoms. The molecule has 0 spiro atoms. The van der Waals surface area contributed by atoms with Crippen LogP contribution in [0.4, 0.5) is 0 Å². The molecule has 24 heavy (non-hydrogen) atoms. The van der Waals surface area contributed by atoms with E-state index in [0.29, 0.717) is 19.1 Å². The van der Waals surface area contributed by atoms with Crippen LogP contribution in [0.25, 0.3) is 0 Å². The highest BCUT2D eigenvalue weighted by atomic mass is 16.6. The van der Waals surface area contributed by atoms with Gasteiger partial charge in [0, 0.05) is 12.5 Å². The predicted octanol–water partition coefficient (Wildman–Crippen LogP) is 2.18. The van der Waals surface area contributed by atoms with Gasteiger partial charge in [-0.1, -0.05) is 44.2 Å². The van der Waals surface area contributed by atoms with Crippen LogP contribution >= 0.6 is 0 Å². The number of cyclic esters (lactones) is 1. The van der Waals surface area contributed by atoms with E-state index in [1.807, 2.05) is 25.1 Å². The minimum Gasteiger partial charge on any atom is -0.461 e. The second-order valence-electron chi connectivity index (χ2n) is 6.91. The summed E-state index contributed by atoms with van der Waals surface area (Å²) < 4.78 is 17.3. The summed E-state index contributed by atoms with van der Waals surface area (Å²) in [5.74, 6) is 0.0283. The number of nitrogens with two attached hydrogens (primary N) is 1. The van der Waals surface area contributed by atoms with E-state index in [1.165, 1.54) is 5.56 Å². The molecule has 0 aromatic heterocycles. The van der Waals surface area contributed by atoms with E-state index < -0.39 is 12.0 Å². The monoisotopic (exact) mass is 335 g/mol. The molecule has 0 radical (unpaired) electrons. The van der Waals surface area contributed by atoms with Gasteiger partial charge < -0.3 is 19.9 Å². The van der Waals surface area contributed by atoms with Gasteiger partial charge in [0.2, 0.25) is 0 Å². The fourth-order valence-electron chi connectivity index (χ4n) is 2.83. The number of carbonyl (C=O) groups is 1. The summed E-state index contributed by atoms with van der Waals surface area (Å²) in [7, 11) is 0. The van der Waals surface area contributed by atoms with Crippen molar-refractivity contribution in [1.82, 2.24) is 0 Å². The van der Waals surface area contributed by atoms with Gasteiger partial charge in [-0.25, -0.2) is 0 Å². The Morgan fingerprint density at radius 3 is 2.62 bits per heavy atom. The number of benzene rings is 1. The molecule has 0 aliphatic carbocycles. The van der Waals surface area contributed by atoms with Crippen LogP contribution in [0.3, 0.4) is 0 Å². The Labute approximate surface area is 144 Å². The molecule has 1 aliphatic rings. The van der Waals surface area contributed by atoms with Crippen LogP contribution in [0.15, 0.2) is 30.3 Å². The van der Waals surface area contributed by atoms with Gasteiger partial charge in [-0.3, -0.25) is 4.79 Å². The van der Waals surface area contributed by atoms with E-state index in [9.17, 15) is 4.79 Å². The third-order valence-corrected chi connectivity index (χ3v) is 4.22. The van der Waals surface area contributed by atoms with Gasteiger partial charge in [-0.15, -0.1) is 0 Å². The summed E-state index contributed by atoms with van der Waals surface area (Å²) in [6, 6.07) is 9.43. The third kappa shape index (κ3) is 5.58. The van der Waals surface area contributed by atoms with Gasteiger partial charge in [0.25, 0.3) is 0 Å². The first-order chi connectivity index (χ1) is 11.5. The number of ether oxygens (including phenoxy) is 3. The van der Waals surface area contributed by atoms with Gasteiger partial charge in [-0.2, -0.15) is 0 Å². The SMILES string of the molecule is CC(C)COC1COCC(N)C(=O)OC(C)C1Cc1ccccc1. The average Bonchev–Trinajstić information content (AvgIpc) is 2.60. The number of rotatable bonds is 5. The molecular weight excluding hydrogens is 306 g/mol. The summed E-state index contributed by atoms with van der Waals surface area (Å²) in [5.41, 5.74) is 6.99. The van der Waals surface area contributed by atoms with Crippen molar-refractivity contribution in [1.29, 1.82) is 0 Å². The largest absolute Gasteiger partial charge is 0.461 e. The maximum atomic E-state index is 12.0. The molecule has 0 amide bonds. The van der Waals surface area contributed by atoms with Gasteiger partial charge in [-0.05, 0) is 24.8 Å². The number of hydrogen-bond acceptors (Lipinski definition) is 5. The van der Waals surface area contributed by atoms with Crippen LogP contribution in [0.2, 0.25) is 0 Å². The lowest BCUT2D eigenvalue weighted by Crippen LogP contribution is -2.40. The third-order valence-electron chi connectivity index (χ3n) is 4.22. The molecule has 1 aromatic rings. The van der Waals surface area contributed by atoms with Crippen LogP contribution in [-0.4, -0.2) is 44.0 Å². The molecule has 2 rings (SSSR count). The normalized spacial score (nSPS) is 28.8. The number of hydrogen-bond donors (Lipinski definition) is 1. The fourth-order valence-corrected chi connectivity index (χ4v) is 2.83. The molecule has 5 nitrogen and oxygen atoms in total. The first kappa shape index (κ1) is 18.9. The molecule has 1 saturated heterocycles. The molecule has 0 saturated carbocycles. The second-order valence-corrected chi connectivity index (χ2v) is 6.91. The maximum Gasteiger partial charge on any atom is 0.325 e. The smallest absolute Gasteiger partial charge is 0.325 e. The molecule has 4 atom stereocenters. The number of carbonyl (C=O) groups excluding carboxylic acids is 1. The molecule has 4 unspecified atom stereocenters. The number of esters is 1. The van der Waals surface area contributed by atoms with Crippen LogP contribution in [0, 0.1) is 11.8 Å². The minimum absolute atomic E-state index is 0.0143. The van der Waals surface area contributed by atoms with Gasteiger partial charge in [0.15, 0.2) is 0 Å². The summed E-state index contributed by atoms with van der Waals surface area (Å²) in [4.78, 5) is 12.0. The van der Waals surface area contributed by atoms with E-state index in [1.54, 1.807) is 0 Å². The Balaban J connectivity index is 2.18. The van der Waals surface area contributed by atoms with E-state index in [-0.39, 0.29) is 24.7 Å². The van der Waals surface area contributed by atoms with Crippen molar-refractivity contribution in [2.24, 2.45) is 17.6 Å². The first-order valence-corrected chi connectivity index (χ1v) is 8.66. The summed E-state index contributed by atoms with van der Waals surface area (Å²) >= 11 is 0. The van der Waals surface area contributed by atoms with Crippen molar-refractivity contribution in [2.75, 3.05) is 19.8 Å². The van der Waals surface area contributed by atoms with Gasteiger partial charge >= 0.3 is 5.97 Å². The Hall–Kier alpha value is -1.43. The van der Waals surface area contributed by atoms with Crippen molar-refractivity contribution in [2.45, 2.75) is 45.4 Å². The summed E-state index contributed by atoms with van der Waals surface area (Å²) in [6.07, 6.45) is 0.333. The average molecular weight is 335 g/mol. The standard InChI is InChI=1S/C19H29NO4/c1-13(2)10-23-18-12-22-11-17(20)19(21)24-14(3)16(18)9-15-7-5-4-6-8-15/h4-8,13-14,16-18H,9-12,20H2,1-3H3. The first-order valence-electron chi connectivity index (χ1n) is 8.66. The van der Waals surface area contributed by atoms with Gasteiger partial charge in [0.05, 0.1) is 19.3 Å². The maximum absolute atomic E-state index is 12.0. The molecule has 1 aliphatic heterocycles. The zero-order valence-electron chi connectivity index (χ0n) is 14.8. The van der Waals surface area contributed by atoms with Crippen molar-refractivity contribution in [3.8, 4) is 0 Å². The van der Waals surface area contributed by atoms with Crippen LogP contribution in [0.5, 0.6) is 0 Å². The van der Waals surface area contributed by atoms with Crippen LogP contribution < -0.4 is 5.73 Å². The fraction of sp³-hybridized carbons (Fsp3) is 0.632. The lowest BCUT2D eigenvalue weighted by atomic mass is 9.89. The molecule has 1 heterocycles. The summed E-state index contributed by atoms with van der Waals surface area (Å²) in [6.45, 7) is 7.36. The molecule has 1 fully saturated rings. The molecule has 0 bridgehead atoms. The predicted molar refractivity (Wildman–Crippen MR) is 92.6 cm³/mol. The molecule has 1 aromatic carbocycles. The Morgan fingerprint density at radius 1 is 1.25 bits per heavy atom. The van der Waals surface area contributed by atoms with Crippen molar-refractivity contribution in [3.63, 3.8) is 0 Å². The van der Waals surface area contributed by atoms with Crippen molar-refractivity contribution < 1.29 is 19.0 Å². The zero-order valence-corrected chi connectivity index (χ0v) is 14.8. The minimum atomic E-state index is -0.742.